The number of benzene rings is 2. The van der Waals surface area contributed by atoms with Crippen LogP contribution in [0.3, 0.4) is 0 Å². The van der Waals surface area contributed by atoms with Crippen molar-refractivity contribution in [3.05, 3.63) is 81.4 Å². The molecule has 0 bridgehead atoms. The number of nitrogens with one attached hydrogen (secondary N) is 1. The molecule has 0 aliphatic carbocycles. The minimum Gasteiger partial charge on any atom is -0.326 e. The lowest BCUT2D eigenvalue weighted by molar-refractivity contribution is -0.116. The maximum absolute atomic E-state index is 13.0. The number of fused-ring (bicyclic) bond motifs is 1. The normalized spacial score (nSPS) is 11.1. The first-order valence-electron chi connectivity index (χ1n) is 10.3. The number of nitrogens with zero attached hydrogens (tertiary/aromatic N) is 4. The van der Waals surface area contributed by atoms with Crippen LogP contribution in [-0.2, 0) is 11.3 Å². The van der Waals surface area contributed by atoms with Crippen LogP contribution >= 0.6 is 0 Å². The molecule has 0 atom stereocenters. The Morgan fingerprint density at radius 2 is 1.61 bits per heavy atom. The topological polar surface area (TPSA) is 81.8 Å². The van der Waals surface area contributed by atoms with Crippen molar-refractivity contribution in [1.82, 2.24) is 19.6 Å². The smallest absolute Gasteiger partial charge is 0.295 e. The van der Waals surface area contributed by atoms with Gasteiger partial charge < -0.3 is 5.32 Å². The molecule has 0 fully saturated rings. The average molecular weight is 415 g/mol. The van der Waals surface area contributed by atoms with E-state index in [2.05, 4.69) is 15.5 Å². The van der Waals surface area contributed by atoms with Crippen molar-refractivity contribution in [2.24, 2.45) is 0 Å². The maximum atomic E-state index is 13.0. The molecule has 0 saturated heterocycles. The number of amides is 1. The van der Waals surface area contributed by atoms with Gasteiger partial charge in [0.2, 0.25) is 5.91 Å². The lowest BCUT2D eigenvalue weighted by atomic mass is 10.1. The Bertz CT molecular complexity index is 1320. The van der Waals surface area contributed by atoms with Crippen molar-refractivity contribution in [2.45, 2.75) is 40.7 Å². The molecule has 0 spiro atoms. The zero-order valence-electron chi connectivity index (χ0n) is 18.1. The van der Waals surface area contributed by atoms with Crippen molar-refractivity contribution in [3.63, 3.8) is 0 Å². The molecule has 31 heavy (non-hydrogen) atoms. The first kappa shape index (κ1) is 20.5. The van der Waals surface area contributed by atoms with E-state index in [4.69, 9.17) is 0 Å². The monoisotopic (exact) mass is 415 g/mol. The van der Waals surface area contributed by atoms with Gasteiger partial charge in [0.25, 0.3) is 5.56 Å². The lowest BCUT2D eigenvalue weighted by Gasteiger charge is -2.12. The fourth-order valence-corrected chi connectivity index (χ4v) is 3.88. The number of carbonyl (C=O) groups is 1. The molecule has 7 heteroatoms. The van der Waals surface area contributed by atoms with Gasteiger partial charge >= 0.3 is 0 Å². The van der Waals surface area contributed by atoms with E-state index in [1.54, 1.807) is 4.68 Å². The van der Waals surface area contributed by atoms with E-state index in [0.29, 0.717) is 11.2 Å². The molecule has 4 aromatic rings. The van der Waals surface area contributed by atoms with Crippen molar-refractivity contribution < 1.29 is 4.79 Å². The Hall–Kier alpha value is -3.74. The Morgan fingerprint density at radius 1 is 0.935 bits per heavy atom. The van der Waals surface area contributed by atoms with Crippen LogP contribution in [0.15, 0.2) is 53.3 Å². The zero-order chi connectivity index (χ0) is 22.1. The second-order valence-corrected chi connectivity index (χ2v) is 7.74. The van der Waals surface area contributed by atoms with Crippen LogP contribution in [0.1, 0.15) is 28.9 Å². The van der Waals surface area contributed by atoms with Crippen molar-refractivity contribution >= 4 is 22.5 Å². The van der Waals surface area contributed by atoms with Gasteiger partial charge in [-0.15, -0.1) is 0 Å². The summed E-state index contributed by atoms with van der Waals surface area (Å²) in [6.45, 7) is 7.89. The van der Waals surface area contributed by atoms with Crippen LogP contribution in [0, 0.1) is 27.7 Å². The van der Waals surface area contributed by atoms with E-state index >= 15 is 0 Å². The second-order valence-electron chi connectivity index (χ2n) is 7.74. The fraction of sp³-hybridized carbons (Fsp3) is 0.250. The number of hydrogen-bond acceptors (Lipinski definition) is 4. The zero-order valence-corrected chi connectivity index (χ0v) is 18.1. The number of carbonyl (C=O) groups excluding carboxylic acids is 1. The molecular weight excluding hydrogens is 390 g/mol. The molecule has 4 rings (SSSR count). The molecule has 1 amide bonds. The number of hydrogen-bond donors (Lipinski definition) is 1. The molecule has 0 aliphatic rings. The molecule has 1 N–H and O–H groups in total. The Morgan fingerprint density at radius 3 is 2.29 bits per heavy atom. The standard InChI is InChI=1S/C24H25N5O2/c1-15-9-8-10-16(2)22(15)25-20(30)13-14-28-24(31)23-21(17(3)26-28)18(4)29(27-23)19-11-6-5-7-12-19/h5-12H,13-14H2,1-4H3,(H,25,30). The molecule has 0 unspecified atom stereocenters. The van der Waals surface area contributed by atoms with Crippen LogP contribution in [0.2, 0.25) is 0 Å². The number of aromatic nitrogens is 4. The molecule has 2 heterocycles. The van der Waals surface area contributed by atoms with E-state index < -0.39 is 0 Å². The molecule has 2 aromatic heterocycles. The van der Waals surface area contributed by atoms with Gasteiger partial charge in [-0.2, -0.15) is 10.2 Å². The van der Waals surface area contributed by atoms with E-state index in [0.717, 1.165) is 33.6 Å². The van der Waals surface area contributed by atoms with Gasteiger partial charge in [0.15, 0.2) is 5.52 Å². The largest absolute Gasteiger partial charge is 0.326 e. The first-order chi connectivity index (χ1) is 14.9. The van der Waals surface area contributed by atoms with Crippen molar-refractivity contribution in [2.75, 3.05) is 5.32 Å². The lowest BCUT2D eigenvalue weighted by Crippen LogP contribution is -2.26. The summed E-state index contributed by atoms with van der Waals surface area (Å²) < 4.78 is 3.10. The average Bonchev–Trinajstić information content (AvgIpc) is 3.11. The van der Waals surface area contributed by atoms with Gasteiger partial charge in [0.1, 0.15) is 0 Å². The summed E-state index contributed by atoms with van der Waals surface area (Å²) in [5.41, 5.74) is 5.35. The number of aryl methyl sites for hydroxylation is 5. The van der Waals surface area contributed by atoms with Gasteiger partial charge in [-0.3, -0.25) is 9.59 Å². The molecule has 158 valence electrons. The van der Waals surface area contributed by atoms with Crippen molar-refractivity contribution in [3.8, 4) is 5.69 Å². The highest BCUT2D eigenvalue weighted by Gasteiger charge is 2.18. The molecule has 0 aliphatic heterocycles. The summed E-state index contributed by atoms with van der Waals surface area (Å²) >= 11 is 0. The van der Waals surface area contributed by atoms with Crippen LogP contribution in [-0.4, -0.2) is 25.5 Å². The summed E-state index contributed by atoms with van der Waals surface area (Å²) in [6.07, 6.45) is 0.143. The first-order valence-corrected chi connectivity index (χ1v) is 10.3. The molecule has 0 saturated carbocycles. The molecule has 2 aromatic carbocycles. The van der Waals surface area contributed by atoms with Gasteiger partial charge in [0, 0.05) is 12.1 Å². The summed E-state index contributed by atoms with van der Waals surface area (Å²) in [7, 11) is 0. The van der Waals surface area contributed by atoms with E-state index in [-0.39, 0.29) is 24.4 Å². The van der Waals surface area contributed by atoms with Crippen LogP contribution in [0.4, 0.5) is 5.69 Å². The second kappa shape index (κ2) is 8.18. The van der Waals surface area contributed by atoms with Gasteiger partial charge in [-0.05, 0) is 51.0 Å². The fourth-order valence-electron chi connectivity index (χ4n) is 3.88. The predicted molar refractivity (Wildman–Crippen MR) is 122 cm³/mol. The van der Waals surface area contributed by atoms with E-state index in [9.17, 15) is 9.59 Å². The SMILES string of the molecule is Cc1cccc(C)c1NC(=O)CCn1nc(C)c2c(C)n(-c3ccccc3)nc2c1=O. The Balaban J connectivity index is 1.61. The van der Waals surface area contributed by atoms with Gasteiger partial charge in [0.05, 0.1) is 29.0 Å². The summed E-state index contributed by atoms with van der Waals surface area (Å²) in [6, 6.07) is 15.5. The van der Waals surface area contributed by atoms with Crippen LogP contribution in [0.25, 0.3) is 16.6 Å². The third-order valence-corrected chi connectivity index (χ3v) is 5.48. The third-order valence-electron chi connectivity index (χ3n) is 5.48. The minimum absolute atomic E-state index is 0.143. The van der Waals surface area contributed by atoms with Crippen molar-refractivity contribution in [1.29, 1.82) is 0 Å². The predicted octanol–water partition coefficient (Wildman–Crippen LogP) is 3.84. The number of anilines is 1. The minimum atomic E-state index is -0.293. The van der Waals surface area contributed by atoms with Crippen LogP contribution in [0.5, 0.6) is 0 Å². The molecule has 0 radical (unpaired) electrons. The highest BCUT2D eigenvalue weighted by Crippen LogP contribution is 2.21. The van der Waals surface area contributed by atoms with Gasteiger partial charge in [-0.1, -0.05) is 36.4 Å². The quantitative estimate of drug-likeness (QED) is 0.537. The number of para-hydroxylation sites is 2. The van der Waals surface area contributed by atoms with E-state index in [1.807, 2.05) is 76.2 Å². The Labute approximate surface area is 180 Å². The summed E-state index contributed by atoms with van der Waals surface area (Å²) in [4.78, 5) is 25.6. The van der Waals surface area contributed by atoms with Crippen LogP contribution < -0.4 is 10.9 Å². The maximum Gasteiger partial charge on any atom is 0.295 e. The summed E-state index contributed by atoms with van der Waals surface area (Å²) in [5.74, 6) is -0.158. The highest BCUT2D eigenvalue weighted by atomic mass is 16.2. The highest BCUT2D eigenvalue weighted by molar-refractivity contribution is 5.92. The number of rotatable bonds is 5. The molecule has 7 nitrogen and oxygen atoms in total. The summed E-state index contributed by atoms with van der Waals surface area (Å²) in [5, 5.41) is 12.7. The van der Waals surface area contributed by atoms with E-state index in [1.165, 1.54) is 4.68 Å². The van der Waals surface area contributed by atoms with Gasteiger partial charge in [-0.25, -0.2) is 9.36 Å². The molecular formula is C24H25N5O2. The third kappa shape index (κ3) is 3.86. The Kier molecular flexibility index (Phi) is 5.42.